The van der Waals surface area contributed by atoms with Gasteiger partial charge in [-0.3, -0.25) is 9.36 Å². The van der Waals surface area contributed by atoms with Crippen molar-refractivity contribution < 1.29 is 4.79 Å². The zero-order valence-corrected chi connectivity index (χ0v) is 17.1. The fraction of sp³-hybridized carbons (Fsp3) is 0.167. The van der Waals surface area contributed by atoms with Gasteiger partial charge in [0.15, 0.2) is 5.16 Å². The number of nitrogens with zero attached hydrogens (tertiary/aromatic N) is 4. The third kappa shape index (κ3) is 4.87. The van der Waals surface area contributed by atoms with Gasteiger partial charge < -0.3 is 4.90 Å². The highest BCUT2D eigenvalue weighted by atomic mass is 79.9. The molecule has 0 unspecified atom stereocenters. The van der Waals surface area contributed by atoms with Crippen LogP contribution in [0.3, 0.4) is 0 Å². The van der Waals surface area contributed by atoms with Gasteiger partial charge >= 0.3 is 0 Å². The SMILES string of the molecule is CN(Cc1ccc(Br)cc1)C(=O)CSc1nncn1-c1cccc(Cl)c1. The van der Waals surface area contributed by atoms with Gasteiger partial charge in [0.25, 0.3) is 0 Å². The lowest BCUT2D eigenvalue weighted by Gasteiger charge is -2.17. The molecule has 0 atom stereocenters. The van der Waals surface area contributed by atoms with E-state index in [1.807, 2.05) is 53.1 Å². The first kappa shape index (κ1) is 18.9. The molecule has 0 aliphatic rings. The first-order chi connectivity index (χ1) is 12.5. The summed E-state index contributed by atoms with van der Waals surface area (Å²) < 4.78 is 2.84. The monoisotopic (exact) mass is 450 g/mol. The summed E-state index contributed by atoms with van der Waals surface area (Å²) in [6.45, 7) is 0.563. The van der Waals surface area contributed by atoms with Crippen LogP contribution in [0.1, 0.15) is 5.56 Å². The van der Waals surface area contributed by atoms with Gasteiger partial charge in [0.05, 0.1) is 11.4 Å². The summed E-state index contributed by atoms with van der Waals surface area (Å²) in [5.41, 5.74) is 1.94. The molecule has 1 aromatic heterocycles. The Labute approximate surface area is 169 Å². The summed E-state index contributed by atoms with van der Waals surface area (Å²) in [6, 6.07) is 15.3. The number of thioether (sulfide) groups is 1. The number of carbonyl (C=O) groups excluding carboxylic acids is 1. The minimum atomic E-state index is 0.0264. The van der Waals surface area contributed by atoms with Gasteiger partial charge in [-0.15, -0.1) is 10.2 Å². The van der Waals surface area contributed by atoms with Crippen molar-refractivity contribution in [2.24, 2.45) is 0 Å². The van der Waals surface area contributed by atoms with Gasteiger partial charge in [-0.2, -0.15) is 0 Å². The van der Waals surface area contributed by atoms with Gasteiger partial charge in [-0.05, 0) is 35.9 Å². The van der Waals surface area contributed by atoms with E-state index in [4.69, 9.17) is 11.6 Å². The molecule has 0 aliphatic heterocycles. The van der Waals surface area contributed by atoms with E-state index in [0.717, 1.165) is 15.7 Å². The average Bonchev–Trinajstić information content (AvgIpc) is 3.10. The van der Waals surface area contributed by atoms with Gasteiger partial charge in [0, 0.05) is 23.1 Å². The van der Waals surface area contributed by atoms with Gasteiger partial charge in [-0.25, -0.2) is 0 Å². The minimum Gasteiger partial charge on any atom is -0.341 e. The van der Waals surface area contributed by atoms with Gasteiger partial charge in [0.2, 0.25) is 5.91 Å². The Hall–Kier alpha value is -1.83. The van der Waals surface area contributed by atoms with Crippen LogP contribution in [-0.4, -0.2) is 38.4 Å². The maximum atomic E-state index is 12.4. The van der Waals surface area contributed by atoms with Crippen LogP contribution in [0.4, 0.5) is 0 Å². The van der Waals surface area contributed by atoms with Crippen molar-refractivity contribution in [2.45, 2.75) is 11.7 Å². The quantitative estimate of drug-likeness (QED) is 0.520. The second-order valence-electron chi connectivity index (χ2n) is 5.63. The molecule has 0 bridgehead atoms. The number of hydrogen-bond acceptors (Lipinski definition) is 4. The van der Waals surface area contributed by atoms with E-state index in [1.54, 1.807) is 18.3 Å². The Morgan fingerprint density at radius 1 is 1.27 bits per heavy atom. The summed E-state index contributed by atoms with van der Waals surface area (Å²) in [4.78, 5) is 14.1. The molecule has 3 aromatic rings. The van der Waals surface area contributed by atoms with Gasteiger partial charge in [-0.1, -0.05) is 57.5 Å². The second kappa shape index (κ2) is 8.70. The van der Waals surface area contributed by atoms with Crippen LogP contribution in [0, 0.1) is 0 Å². The van der Waals surface area contributed by atoms with Crippen molar-refractivity contribution in [3.8, 4) is 5.69 Å². The molecule has 26 heavy (non-hydrogen) atoms. The Bertz CT molecular complexity index is 900. The molecule has 0 spiro atoms. The summed E-state index contributed by atoms with van der Waals surface area (Å²) >= 11 is 10.8. The number of halogens is 2. The van der Waals surface area contributed by atoms with Crippen LogP contribution in [0.25, 0.3) is 5.69 Å². The topological polar surface area (TPSA) is 51.0 Å². The molecule has 1 heterocycles. The molecule has 0 fully saturated rings. The summed E-state index contributed by atoms with van der Waals surface area (Å²) in [5, 5.41) is 9.34. The number of hydrogen-bond donors (Lipinski definition) is 0. The lowest BCUT2D eigenvalue weighted by Crippen LogP contribution is -2.27. The number of aromatic nitrogens is 3. The molecule has 5 nitrogen and oxygen atoms in total. The number of rotatable bonds is 6. The average molecular weight is 452 g/mol. The van der Waals surface area contributed by atoms with Crippen LogP contribution in [-0.2, 0) is 11.3 Å². The van der Waals surface area contributed by atoms with E-state index in [0.29, 0.717) is 16.7 Å². The molecule has 0 saturated carbocycles. The van der Waals surface area contributed by atoms with Crippen molar-refractivity contribution in [2.75, 3.05) is 12.8 Å². The van der Waals surface area contributed by atoms with E-state index >= 15 is 0 Å². The van der Waals surface area contributed by atoms with E-state index in [1.165, 1.54) is 11.8 Å². The normalized spacial score (nSPS) is 10.7. The molecule has 0 radical (unpaired) electrons. The van der Waals surface area contributed by atoms with Crippen LogP contribution >= 0.6 is 39.3 Å². The maximum Gasteiger partial charge on any atom is 0.233 e. The lowest BCUT2D eigenvalue weighted by molar-refractivity contribution is -0.127. The van der Waals surface area contributed by atoms with Crippen molar-refractivity contribution in [1.29, 1.82) is 0 Å². The number of amides is 1. The Balaban J connectivity index is 1.61. The Morgan fingerprint density at radius 2 is 2.04 bits per heavy atom. The molecule has 8 heteroatoms. The Kier molecular flexibility index (Phi) is 6.34. The molecular formula is C18H16BrClN4OS. The Morgan fingerprint density at radius 3 is 2.77 bits per heavy atom. The van der Waals surface area contributed by atoms with E-state index in [9.17, 15) is 4.79 Å². The summed E-state index contributed by atoms with van der Waals surface area (Å²) in [7, 11) is 1.80. The highest BCUT2D eigenvalue weighted by Gasteiger charge is 2.14. The molecule has 0 saturated heterocycles. The molecule has 134 valence electrons. The fourth-order valence-corrected chi connectivity index (χ4v) is 3.63. The van der Waals surface area contributed by atoms with E-state index in [-0.39, 0.29) is 11.7 Å². The highest BCUT2D eigenvalue weighted by Crippen LogP contribution is 2.22. The molecule has 3 rings (SSSR count). The largest absolute Gasteiger partial charge is 0.341 e. The molecule has 2 aromatic carbocycles. The standard InChI is InChI=1S/C18H16BrClN4OS/c1-23(10-13-5-7-14(19)8-6-13)17(25)11-26-18-22-21-12-24(18)16-4-2-3-15(20)9-16/h2-9,12H,10-11H2,1H3. The maximum absolute atomic E-state index is 12.4. The van der Waals surface area contributed by atoms with Crippen molar-refractivity contribution in [3.63, 3.8) is 0 Å². The summed E-state index contributed by atoms with van der Waals surface area (Å²) in [5.74, 6) is 0.310. The lowest BCUT2D eigenvalue weighted by atomic mass is 10.2. The zero-order chi connectivity index (χ0) is 18.5. The predicted octanol–water partition coefficient (Wildman–Crippen LogP) is 4.43. The number of benzene rings is 2. The molecule has 1 amide bonds. The molecular weight excluding hydrogens is 436 g/mol. The van der Waals surface area contributed by atoms with E-state index in [2.05, 4.69) is 26.1 Å². The van der Waals surface area contributed by atoms with Crippen molar-refractivity contribution in [3.05, 3.63) is 69.9 Å². The summed E-state index contributed by atoms with van der Waals surface area (Å²) in [6.07, 6.45) is 1.62. The number of carbonyl (C=O) groups is 1. The smallest absolute Gasteiger partial charge is 0.233 e. The third-order valence-electron chi connectivity index (χ3n) is 3.69. The fourth-order valence-electron chi connectivity index (χ4n) is 2.31. The predicted molar refractivity (Wildman–Crippen MR) is 108 cm³/mol. The van der Waals surface area contributed by atoms with E-state index < -0.39 is 0 Å². The highest BCUT2D eigenvalue weighted by molar-refractivity contribution is 9.10. The third-order valence-corrected chi connectivity index (χ3v) is 5.38. The van der Waals surface area contributed by atoms with Gasteiger partial charge in [0.1, 0.15) is 6.33 Å². The second-order valence-corrected chi connectivity index (χ2v) is 7.92. The van der Waals surface area contributed by atoms with Crippen LogP contribution in [0.15, 0.2) is 64.5 Å². The van der Waals surface area contributed by atoms with Crippen molar-refractivity contribution >= 4 is 45.2 Å². The van der Waals surface area contributed by atoms with Crippen LogP contribution < -0.4 is 0 Å². The van der Waals surface area contributed by atoms with Crippen LogP contribution in [0.5, 0.6) is 0 Å². The van der Waals surface area contributed by atoms with Crippen LogP contribution in [0.2, 0.25) is 5.02 Å². The molecule has 0 aliphatic carbocycles. The first-order valence-electron chi connectivity index (χ1n) is 7.80. The zero-order valence-electron chi connectivity index (χ0n) is 14.0. The first-order valence-corrected chi connectivity index (χ1v) is 9.96. The van der Waals surface area contributed by atoms with Crippen molar-refractivity contribution in [1.82, 2.24) is 19.7 Å². The minimum absolute atomic E-state index is 0.0264. The molecule has 0 N–H and O–H groups in total.